The van der Waals surface area contributed by atoms with E-state index in [-0.39, 0.29) is 0 Å². The van der Waals surface area contributed by atoms with Gasteiger partial charge in [-0.1, -0.05) is 18.2 Å². The second kappa shape index (κ2) is 7.28. The molecule has 0 fully saturated rings. The maximum atomic E-state index is 5.06. The van der Waals surface area contributed by atoms with Crippen molar-refractivity contribution in [2.24, 2.45) is 0 Å². The Labute approximate surface area is 114 Å². The Balaban J connectivity index is 1.74. The van der Waals surface area contributed by atoms with Crippen LogP contribution in [0.15, 0.2) is 30.5 Å². The zero-order valence-electron chi connectivity index (χ0n) is 11.8. The minimum atomic E-state index is 0.791. The van der Waals surface area contributed by atoms with Crippen molar-refractivity contribution in [3.8, 4) is 0 Å². The van der Waals surface area contributed by atoms with Crippen molar-refractivity contribution >= 4 is 10.9 Å². The fourth-order valence-corrected chi connectivity index (χ4v) is 2.13. The van der Waals surface area contributed by atoms with Gasteiger partial charge in [0.1, 0.15) is 0 Å². The van der Waals surface area contributed by atoms with E-state index >= 15 is 0 Å². The highest BCUT2D eigenvalue weighted by molar-refractivity contribution is 5.82. The van der Waals surface area contributed by atoms with Crippen LogP contribution in [0, 0.1) is 0 Å². The van der Waals surface area contributed by atoms with E-state index in [1.54, 1.807) is 7.11 Å². The molecular weight excluding hydrogens is 238 g/mol. The number of nitrogens with one attached hydrogen (secondary N) is 2. The minimum absolute atomic E-state index is 0.791. The summed E-state index contributed by atoms with van der Waals surface area (Å²) in [5, 5.41) is 4.79. The van der Waals surface area contributed by atoms with E-state index in [9.17, 15) is 0 Å². The quantitative estimate of drug-likeness (QED) is 0.712. The second-order valence-electron chi connectivity index (χ2n) is 4.83. The van der Waals surface area contributed by atoms with Crippen LogP contribution in [0.1, 0.15) is 5.56 Å². The van der Waals surface area contributed by atoms with Gasteiger partial charge in [-0.05, 0) is 18.7 Å². The molecule has 0 aliphatic carbocycles. The number of rotatable bonds is 8. The molecule has 0 amide bonds. The molecule has 19 heavy (non-hydrogen) atoms. The molecule has 0 saturated carbocycles. The molecule has 104 valence electrons. The molecule has 0 bridgehead atoms. The molecule has 1 heterocycles. The predicted molar refractivity (Wildman–Crippen MR) is 79.4 cm³/mol. The van der Waals surface area contributed by atoms with Crippen LogP contribution in [0.3, 0.4) is 0 Å². The van der Waals surface area contributed by atoms with Crippen LogP contribution in [0.5, 0.6) is 0 Å². The molecule has 2 N–H and O–H groups in total. The molecular formula is C15H23N3O. The average molecular weight is 261 g/mol. The highest BCUT2D eigenvalue weighted by atomic mass is 16.5. The van der Waals surface area contributed by atoms with Crippen molar-refractivity contribution in [3.63, 3.8) is 0 Å². The van der Waals surface area contributed by atoms with Gasteiger partial charge in [-0.2, -0.15) is 0 Å². The summed E-state index contributed by atoms with van der Waals surface area (Å²) in [6, 6.07) is 8.41. The first-order valence-electron chi connectivity index (χ1n) is 6.74. The molecule has 4 nitrogen and oxygen atoms in total. The lowest BCUT2D eigenvalue weighted by molar-refractivity contribution is 0.161. The van der Waals surface area contributed by atoms with E-state index in [0.29, 0.717) is 0 Å². The van der Waals surface area contributed by atoms with Gasteiger partial charge in [0, 0.05) is 50.4 Å². The third-order valence-corrected chi connectivity index (χ3v) is 3.34. The van der Waals surface area contributed by atoms with Gasteiger partial charge in [-0.25, -0.2) is 0 Å². The first kappa shape index (κ1) is 14.1. The Morgan fingerprint density at radius 3 is 2.95 bits per heavy atom. The number of aromatic nitrogens is 1. The first-order chi connectivity index (χ1) is 9.31. The lowest BCUT2D eigenvalue weighted by Gasteiger charge is -2.16. The SMILES string of the molecule is COCCN(C)CCNCc1c[nH]c2ccccc12. The second-order valence-corrected chi connectivity index (χ2v) is 4.83. The van der Waals surface area contributed by atoms with Crippen LogP contribution >= 0.6 is 0 Å². The topological polar surface area (TPSA) is 40.3 Å². The summed E-state index contributed by atoms with van der Waals surface area (Å²) < 4.78 is 5.06. The van der Waals surface area contributed by atoms with Crippen molar-refractivity contribution in [3.05, 3.63) is 36.0 Å². The van der Waals surface area contributed by atoms with E-state index in [0.717, 1.165) is 32.8 Å². The molecule has 2 rings (SSSR count). The van der Waals surface area contributed by atoms with Gasteiger partial charge in [0.05, 0.1) is 6.61 Å². The summed E-state index contributed by atoms with van der Waals surface area (Å²) in [7, 11) is 3.86. The number of H-pyrrole nitrogens is 1. The number of nitrogens with zero attached hydrogens (tertiary/aromatic N) is 1. The van der Waals surface area contributed by atoms with Crippen molar-refractivity contribution in [2.45, 2.75) is 6.54 Å². The standard InChI is InChI=1S/C15H23N3O/c1-18(9-10-19-2)8-7-16-11-13-12-17-15-6-4-3-5-14(13)15/h3-6,12,16-17H,7-11H2,1-2H3. The maximum absolute atomic E-state index is 5.06. The van der Waals surface area contributed by atoms with Gasteiger partial charge in [0.2, 0.25) is 0 Å². The van der Waals surface area contributed by atoms with Crippen LogP contribution in [0.4, 0.5) is 0 Å². The van der Waals surface area contributed by atoms with Gasteiger partial charge in [0.15, 0.2) is 0 Å². The van der Waals surface area contributed by atoms with Crippen molar-refractivity contribution in [1.29, 1.82) is 0 Å². The van der Waals surface area contributed by atoms with Gasteiger partial charge < -0.3 is 19.9 Å². The molecule has 1 aromatic heterocycles. The van der Waals surface area contributed by atoms with E-state index < -0.39 is 0 Å². The van der Waals surface area contributed by atoms with Crippen molar-refractivity contribution in [1.82, 2.24) is 15.2 Å². The molecule has 0 unspecified atom stereocenters. The Morgan fingerprint density at radius 1 is 1.26 bits per heavy atom. The van der Waals surface area contributed by atoms with E-state index in [2.05, 4.69) is 52.7 Å². The highest BCUT2D eigenvalue weighted by Gasteiger charge is 2.02. The van der Waals surface area contributed by atoms with E-state index in [4.69, 9.17) is 4.74 Å². The summed E-state index contributed by atoms with van der Waals surface area (Å²) in [6.45, 7) is 4.69. The largest absolute Gasteiger partial charge is 0.383 e. The predicted octanol–water partition coefficient (Wildman–Crippen LogP) is 1.84. The number of likely N-dealkylation sites (N-methyl/N-ethyl adjacent to an activating group) is 1. The van der Waals surface area contributed by atoms with Crippen LogP contribution in [-0.4, -0.2) is 50.3 Å². The summed E-state index contributed by atoms with van der Waals surface area (Å²) in [6.07, 6.45) is 2.09. The summed E-state index contributed by atoms with van der Waals surface area (Å²) in [5.41, 5.74) is 2.53. The minimum Gasteiger partial charge on any atom is -0.383 e. The highest BCUT2D eigenvalue weighted by Crippen LogP contribution is 2.16. The molecule has 0 spiro atoms. The number of aromatic amines is 1. The van der Waals surface area contributed by atoms with Gasteiger partial charge in [0.25, 0.3) is 0 Å². The number of hydrogen-bond acceptors (Lipinski definition) is 3. The lowest BCUT2D eigenvalue weighted by atomic mass is 10.2. The van der Waals surface area contributed by atoms with Gasteiger partial charge in [-0.3, -0.25) is 0 Å². The van der Waals surface area contributed by atoms with Crippen LogP contribution < -0.4 is 5.32 Å². The molecule has 0 radical (unpaired) electrons. The first-order valence-corrected chi connectivity index (χ1v) is 6.74. The van der Waals surface area contributed by atoms with E-state index in [1.807, 2.05) is 0 Å². The Hall–Kier alpha value is -1.36. The summed E-state index contributed by atoms with van der Waals surface area (Å²) >= 11 is 0. The molecule has 0 saturated heterocycles. The van der Waals surface area contributed by atoms with E-state index in [1.165, 1.54) is 16.5 Å². The van der Waals surface area contributed by atoms with Crippen LogP contribution in [-0.2, 0) is 11.3 Å². The number of methoxy groups -OCH3 is 1. The monoisotopic (exact) mass is 261 g/mol. The lowest BCUT2D eigenvalue weighted by Crippen LogP contribution is -2.31. The Kier molecular flexibility index (Phi) is 5.39. The fourth-order valence-electron chi connectivity index (χ4n) is 2.13. The Bertz CT molecular complexity index is 495. The third kappa shape index (κ3) is 4.06. The van der Waals surface area contributed by atoms with Gasteiger partial charge >= 0.3 is 0 Å². The molecule has 4 heteroatoms. The number of fused-ring (bicyclic) bond motifs is 1. The van der Waals surface area contributed by atoms with Crippen molar-refractivity contribution < 1.29 is 4.74 Å². The molecule has 1 aromatic carbocycles. The maximum Gasteiger partial charge on any atom is 0.0589 e. The molecule has 0 atom stereocenters. The fraction of sp³-hybridized carbons (Fsp3) is 0.467. The van der Waals surface area contributed by atoms with Gasteiger partial charge in [-0.15, -0.1) is 0 Å². The molecule has 0 aliphatic rings. The summed E-state index contributed by atoms with van der Waals surface area (Å²) in [5.74, 6) is 0. The number of para-hydroxylation sites is 1. The number of benzene rings is 1. The zero-order chi connectivity index (χ0) is 13.5. The number of hydrogen-bond donors (Lipinski definition) is 2. The zero-order valence-corrected chi connectivity index (χ0v) is 11.8. The average Bonchev–Trinajstić information content (AvgIpc) is 2.85. The Morgan fingerprint density at radius 2 is 2.11 bits per heavy atom. The van der Waals surface area contributed by atoms with Crippen LogP contribution in [0.25, 0.3) is 10.9 Å². The molecule has 2 aromatic rings. The normalized spacial score (nSPS) is 11.5. The van der Waals surface area contributed by atoms with Crippen LogP contribution in [0.2, 0.25) is 0 Å². The molecule has 0 aliphatic heterocycles. The van der Waals surface area contributed by atoms with Crippen molar-refractivity contribution in [2.75, 3.05) is 40.4 Å². The smallest absolute Gasteiger partial charge is 0.0589 e. The third-order valence-electron chi connectivity index (χ3n) is 3.34. The summed E-state index contributed by atoms with van der Waals surface area (Å²) in [4.78, 5) is 5.57. The number of ether oxygens (including phenoxy) is 1.